The predicted octanol–water partition coefficient (Wildman–Crippen LogP) is -2.61. The van der Waals surface area contributed by atoms with Crippen molar-refractivity contribution in [2.45, 2.75) is 31.6 Å². The van der Waals surface area contributed by atoms with E-state index >= 15 is 0 Å². The Hall–Kier alpha value is 0.139. The van der Waals surface area contributed by atoms with Gasteiger partial charge in [-0.25, -0.2) is 0 Å². The number of nitrogens with one attached hydrogen (secondary N) is 1. The van der Waals surface area contributed by atoms with Crippen LogP contribution < -0.4 is 33.4 Å². The molecule has 3 heteroatoms. The Morgan fingerprint density at radius 3 is 2.56 bits per heavy atom. The molecule has 0 bridgehead atoms. The van der Waals surface area contributed by atoms with Crippen LogP contribution in [0.1, 0.15) is 20.3 Å². The standard InChI is InChI=1S/C13H17NSe.HI/c1-13(2)8-11(14-10-13)9-15-12-6-4-3-5-7-12;/h3-7,10-11H,8-9H2,1-2H3;1H. The molecule has 0 radical (unpaired) electrons. The van der Waals surface area contributed by atoms with Gasteiger partial charge in [-0.05, 0) is 0 Å². The van der Waals surface area contributed by atoms with Gasteiger partial charge in [0.05, 0.1) is 0 Å². The molecule has 1 atom stereocenters. The van der Waals surface area contributed by atoms with E-state index in [1.54, 1.807) is 0 Å². The fourth-order valence-electron chi connectivity index (χ4n) is 1.92. The van der Waals surface area contributed by atoms with Gasteiger partial charge in [0, 0.05) is 0 Å². The molecular weight excluding hydrogens is 376 g/mol. The van der Waals surface area contributed by atoms with Gasteiger partial charge in [-0.3, -0.25) is 0 Å². The van der Waals surface area contributed by atoms with Crippen LogP contribution in [-0.4, -0.2) is 27.2 Å². The molecule has 0 aromatic heterocycles. The van der Waals surface area contributed by atoms with E-state index < -0.39 is 0 Å². The summed E-state index contributed by atoms with van der Waals surface area (Å²) in [7, 11) is 0. The summed E-state index contributed by atoms with van der Waals surface area (Å²) >= 11 is 0.618. The molecule has 1 N–H and O–H groups in total. The van der Waals surface area contributed by atoms with Crippen LogP contribution in [0.25, 0.3) is 0 Å². The van der Waals surface area contributed by atoms with Crippen LogP contribution in [0.3, 0.4) is 0 Å². The van der Waals surface area contributed by atoms with Crippen molar-refractivity contribution in [1.82, 2.24) is 0 Å². The first-order chi connectivity index (χ1) is 7.16. The Morgan fingerprint density at radius 1 is 1.31 bits per heavy atom. The summed E-state index contributed by atoms with van der Waals surface area (Å²) in [5, 5.41) is 1.30. The molecule has 0 aliphatic carbocycles. The van der Waals surface area contributed by atoms with E-state index in [-0.39, 0.29) is 24.0 Å². The fourth-order valence-corrected chi connectivity index (χ4v) is 3.93. The molecule has 1 aliphatic rings. The Balaban J connectivity index is 0.00000128. The summed E-state index contributed by atoms with van der Waals surface area (Å²) < 4.78 is 1.51. The van der Waals surface area contributed by atoms with Gasteiger partial charge in [-0.1, -0.05) is 0 Å². The molecule has 1 aliphatic heterocycles. The first-order valence-corrected chi connectivity index (χ1v) is 7.51. The van der Waals surface area contributed by atoms with Crippen molar-refractivity contribution in [3.05, 3.63) is 30.3 Å². The van der Waals surface area contributed by atoms with Crippen molar-refractivity contribution in [3.8, 4) is 0 Å². The summed E-state index contributed by atoms with van der Waals surface area (Å²) in [6.45, 7) is 4.60. The van der Waals surface area contributed by atoms with Crippen molar-refractivity contribution >= 4 is 25.6 Å². The van der Waals surface area contributed by atoms with Gasteiger partial charge < -0.3 is 24.0 Å². The molecule has 0 saturated carbocycles. The first kappa shape index (κ1) is 14.2. The minimum Gasteiger partial charge on any atom is -1.00 e. The maximum Gasteiger partial charge on any atom is -1.00 e. The van der Waals surface area contributed by atoms with Gasteiger partial charge >= 0.3 is 98.0 Å². The maximum atomic E-state index is 3.51. The second-order valence-corrected chi connectivity index (χ2v) is 7.12. The molecule has 1 nitrogen and oxygen atoms in total. The van der Waals surface area contributed by atoms with Crippen LogP contribution in [0, 0.1) is 5.41 Å². The molecule has 1 unspecified atom stereocenters. The van der Waals surface area contributed by atoms with E-state index in [9.17, 15) is 0 Å². The minimum absolute atomic E-state index is 0. The van der Waals surface area contributed by atoms with E-state index in [2.05, 4.69) is 55.4 Å². The van der Waals surface area contributed by atoms with E-state index in [1.165, 1.54) is 16.2 Å². The first-order valence-electron chi connectivity index (χ1n) is 5.44. The molecule has 88 valence electrons. The number of benzene rings is 1. The van der Waals surface area contributed by atoms with Gasteiger partial charge in [-0.15, -0.1) is 0 Å². The van der Waals surface area contributed by atoms with Crippen LogP contribution in [0.15, 0.2) is 30.3 Å². The molecule has 1 heterocycles. The van der Waals surface area contributed by atoms with Crippen LogP contribution in [0.5, 0.6) is 0 Å². The molecule has 2 rings (SSSR count). The van der Waals surface area contributed by atoms with Gasteiger partial charge in [0.25, 0.3) is 0 Å². The van der Waals surface area contributed by atoms with Gasteiger partial charge in [0.1, 0.15) is 0 Å². The zero-order valence-electron chi connectivity index (χ0n) is 9.74. The van der Waals surface area contributed by atoms with E-state index in [4.69, 9.17) is 0 Å². The fraction of sp³-hybridized carbons (Fsp3) is 0.462. The Kier molecular flexibility index (Phi) is 5.48. The minimum atomic E-state index is 0. The van der Waals surface area contributed by atoms with Crippen molar-refractivity contribution < 1.29 is 29.0 Å². The summed E-state index contributed by atoms with van der Waals surface area (Å²) in [6, 6.07) is 11.5. The van der Waals surface area contributed by atoms with Crippen molar-refractivity contribution in [3.63, 3.8) is 0 Å². The summed E-state index contributed by atoms with van der Waals surface area (Å²) in [6.07, 6.45) is 3.54. The number of hydrogen-bond donors (Lipinski definition) is 1. The average molecular weight is 394 g/mol. The largest absolute Gasteiger partial charge is 1.00 e. The molecule has 0 spiro atoms. The zero-order chi connectivity index (χ0) is 10.7. The van der Waals surface area contributed by atoms with Crippen LogP contribution >= 0.6 is 0 Å². The normalized spacial score (nSPS) is 21.8. The molecule has 1 aromatic carbocycles. The smallest absolute Gasteiger partial charge is 1.00 e. The average Bonchev–Trinajstić information content (AvgIpc) is 2.57. The molecule has 0 fully saturated rings. The molecule has 1 aromatic rings. The van der Waals surface area contributed by atoms with E-state index in [1.807, 2.05) is 0 Å². The Morgan fingerprint density at radius 2 is 2.00 bits per heavy atom. The van der Waals surface area contributed by atoms with Gasteiger partial charge in [0.2, 0.25) is 0 Å². The SMILES string of the molecule is CC1(C)C=[NH+]C(C[Se]c2ccccc2)C1.[I-]. The van der Waals surface area contributed by atoms with Crippen LogP contribution in [0.2, 0.25) is 5.32 Å². The third kappa shape index (κ3) is 4.19. The zero-order valence-corrected chi connectivity index (χ0v) is 13.6. The van der Waals surface area contributed by atoms with E-state index in [0.717, 1.165) is 0 Å². The second-order valence-electron chi connectivity index (χ2n) is 4.82. The molecule has 0 amide bonds. The van der Waals surface area contributed by atoms with Gasteiger partial charge in [0.15, 0.2) is 0 Å². The van der Waals surface area contributed by atoms with Crippen LogP contribution in [-0.2, 0) is 0 Å². The Labute approximate surface area is 121 Å². The Bertz CT molecular complexity index is 348. The number of halogens is 1. The van der Waals surface area contributed by atoms with Crippen LogP contribution in [0.4, 0.5) is 0 Å². The van der Waals surface area contributed by atoms with Crippen molar-refractivity contribution in [1.29, 1.82) is 0 Å². The quantitative estimate of drug-likeness (QED) is 0.427. The number of hydrogen-bond acceptors (Lipinski definition) is 0. The maximum absolute atomic E-state index is 3.51. The third-order valence-electron chi connectivity index (χ3n) is 2.68. The predicted molar refractivity (Wildman–Crippen MR) is 65.8 cm³/mol. The topological polar surface area (TPSA) is 14.0 Å². The third-order valence-corrected chi connectivity index (χ3v) is 5.14. The number of rotatable bonds is 3. The monoisotopic (exact) mass is 395 g/mol. The second kappa shape index (κ2) is 6.18. The van der Waals surface area contributed by atoms with Crippen molar-refractivity contribution in [2.24, 2.45) is 5.41 Å². The van der Waals surface area contributed by atoms with Crippen molar-refractivity contribution in [2.75, 3.05) is 0 Å². The summed E-state index contributed by atoms with van der Waals surface area (Å²) in [5.74, 6) is 0. The molecule has 16 heavy (non-hydrogen) atoms. The summed E-state index contributed by atoms with van der Waals surface area (Å²) in [5.41, 5.74) is 0.386. The van der Waals surface area contributed by atoms with Gasteiger partial charge in [-0.2, -0.15) is 0 Å². The van der Waals surface area contributed by atoms with E-state index in [0.29, 0.717) is 26.4 Å². The molecular formula is C13H18INSe. The summed E-state index contributed by atoms with van der Waals surface area (Å²) in [4.78, 5) is 3.51. The molecule has 0 saturated heterocycles.